The van der Waals surface area contributed by atoms with Gasteiger partial charge in [-0.05, 0) is 96.3 Å². The van der Waals surface area contributed by atoms with Gasteiger partial charge in [0, 0.05) is 6.42 Å². The highest BCUT2D eigenvalue weighted by Gasteiger charge is 2.23. The highest BCUT2D eigenvalue weighted by atomic mass is 31.2. The second-order valence-electron chi connectivity index (χ2n) is 23.4. The lowest BCUT2D eigenvalue weighted by atomic mass is 10.0. The van der Waals surface area contributed by atoms with Crippen molar-refractivity contribution >= 4 is 13.7 Å². The summed E-state index contributed by atoms with van der Waals surface area (Å²) in [6.07, 6.45) is 89.1. The molecular weight excluding hydrogens is 1010 g/mol. The van der Waals surface area contributed by atoms with E-state index in [4.69, 9.17) is 9.05 Å². The van der Waals surface area contributed by atoms with Gasteiger partial charge in [-0.25, -0.2) is 0 Å². The average molecular weight is 1140 g/mol. The number of phosphoric acid groups is 1. The van der Waals surface area contributed by atoms with E-state index in [1.165, 1.54) is 180 Å². The van der Waals surface area contributed by atoms with Gasteiger partial charge in [0.1, 0.15) is 13.2 Å². The second kappa shape index (κ2) is 60.7. The van der Waals surface area contributed by atoms with Gasteiger partial charge < -0.3 is 28.8 Å². The van der Waals surface area contributed by atoms with Gasteiger partial charge in [0.25, 0.3) is 7.82 Å². The van der Waals surface area contributed by atoms with Crippen molar-refractivity contribution in [3.8, 4) is 0 Å². The van der Waals surface area contributed by atoms with Crippen molar-refractivity contribution in [1.29, 1.82) is 0 Å². The number of carbonyl (C=O) groups is 1. The molecule has 0 radical (unpaired) electrons. The van der Waals surface area contributed by atoms with Crippen molar-refractivity contribution in [3.63, 3.8) is 0 Å². The van der Waals surface area contributed by atoms with E-state index in [1.807, 2.05) is 27.2 Å². The smallest absolute Gasteiger partial charge is 0.268 e. The van der Waals surface area contributed by atoms with E-state index >= 15 is 0 Å². The molecule has 3 unspecified atom stereocenters. The number of phosphoric ester groups is 1. The van der Waals surface area contributed by atoms with Crippen LogP contribution in [0.15, 0.2) is 109 Å². The van der Waals surface area contributed by atoms with Crippen LogP contribution in [0.1, 0.15) is 284 Å². The standard InChI is InChI=1S/C71H127N2O6P/c1-6-8-10-12-14-16-18-20-22-24-26-28-30-32-34-35-36-37-39-41-43-45-47-49-51-53-55-57-59-61-63-65-71(75)72-69(68-79-80(76,77)78-67-66-73(3,4)5)70(74)64-62-60-58-56-54-52-50-48-46-44-42-40-38-33-31-29-27-25-23-21-19-17-15-13-11-9-7-2/h8,10,14,16,20,22,26,28,32,34,36-37,46,48,54,56,62,64,69-70,74H,6-7,9,11-13,15,17-19,21,23-25,27,29-31,33,35,38-45,47,49-53,55,57-61,63,65-68H2,1-5H3,(H-,72,75,76,77)/b10-8-,16-14-,22-20-,28-26-,34-32-,37-36-,48-46+,56-54+,64-62+. The molecule has 0 bridgehead atoms. The van der Waals surface area contributed by atoms with Crippen LogP contribution >= 0.6 is 7.82 Å². The summed E-state index contributed by atoms with van der Waals surface area (Å²) in [5, 5.41) is 13.9. The first-order valence-corrected chi connectivity index (χ1v) is 34.7. The Labute approximate surface area is 495 Å². The predicted molar refractivity (Wildman–Crippen MR) is 348 cm³/mol. The molecule has 0 aliphatic carbocycles. The molecule has 0 aromatic rings. The molecule has 0 aromatic carbocycles. The van der Waals surface area contributed by atoms with Crippen LogP contribution in [0.2, 0.25) is 0 Å². The molecule has 8 nitrogen and oxygen atoms in total. The van der Waals surface area contributed by atoms with Gasteiger partial charge in [-0.2, -0.15) is 0 Å². The fraction of sp³-hybridized carbons (Fsp3) is 0.732. The number of hydrogen-bond acceptors (Lipinski definition) is 6. The van der Waals surface area contributed by atoms with Crippen LogP contribution < -0.4 is 10.2 Å². The summed E-state index contributed by atoms with van der Waals surface area (Å²) in [6, 6.07) is -0.919. The van der Waals surface area contributed by atoms with E-state index in [2.05, 4.69) is 116 Å². The average Bonchev–Trinajstić information content (AvgIpc) is 3.42. The highest BCUT2D eigenvalue weighted by Crippen LogP contribution is 2.38. The summed E-state index contributed by atoms with van der Waals surface area (Å²) < 4.78 is 23.4. The normalized spacial score (nSPS) is 14.4. The number of aliphatic hydroxyl groups excluding tert-OH is 1. The number of aliphatic hydroxyl groups is 1. The summed E-state index contributed by atoms with van der Waals surface area (Å²) >= 11 is 0. The Hall–Kier alpha value is -2.84. The third kappa shape index (κ3) is 62.8. The number of unbranched alkanes of at least 4 members (excludes halogenated alkanes) is 31. The molecule has 0 aliphatic rings. The molecule has 80 heavy (non-hydrogen) atoms. The van der Waals surface area contributed by atoms with Crippen LogP contribution in [0.4, 0.5) is 0 Å². The van der Waals surface area contributed by atoms with Gasteiger partial charge in [0.15, 0.2) is 0 Å². The zero-order valence-electron chi connectivity index (χ0n) is 52.7. The minimum absolute atomic E-state index is 0.0139. The molecule has 0 heterocycles. The van der Waals surface area contributed by atoms with Crippen molar-refractivity contribution in [2.75, 3.05) is 40.9 Å². The summed E-state index contributed by atoms with van der Waals surface area (Å²) in [7, 11) is 1.23. The van der Waals surface area contributed by atoms with Gasteiger partial charge in [-0.15, -0.1) is 0 Å². The Morgan fingerprint density at radius 1 is 0.450 bits per heavy atom. The quantitative estimate of drug-likeness (QED) is 0.0272. The Kier molecular flexibility index (Phi) is 58.6. The van der Waals surface area contributed by atoms with E-state index in [1.54, 1.807) is 6.08 Å². The number of carbonyl (C=O) groups excluding carboxylic acids is 1. The maximum atomic E-state index is 13.0. The molecule has 9 heteroatoms. The zero-order valence-corrected chi connectivity index (χ0v) is 53.6. The Morgan fingerprint density at radius 3 is 1.16 bits per heavy atom. The Bertz CT molecular complexity index is 1670. The summed E-state index contributed by atoms with van der Waals surface area (Å²) in [5.74, 6) is -0.215. The molecule has 0 saturated heterocycles. The lowest BCUT2D eigenvalue weighted by molar-refractivity contribution is -0.870. The molecule has 1 amide bonds. The maximum absolute atomic E-state index is 13.0. The predicted octanol–water partition coefficient (Wildman–Crippen LogP) is 20.5. The van der Waals surface area contributed by atoms with E-state index in [9.17, 15) is 19.4 Å². The van der Waals surface area contributed by atoms with E-state index in [0.29, 0.717) is 17.4 Å². The summed E-state index contributed by atoms with van der Waals surface area (Å²) in [4.78, 5) is 25.6. The molecule has 0 saturated carbocycles. The Morgan fingerprint density at radius 2 is 0.775 bits per heavy atom. The number of nitrogens with one attached hydrogen (secondary N) is 1. The maximum Gasteiger partial charge on any atom is 0.268 e. The molecule has 0 aromatic heterocycles. The van der Waals surface area contributed by atoms with Crippen molar-refractivity contribution in [2.45, 2.75) is 296 Å². The molecule has 462 valence electrons. The molecule has 2 N–H and O–H groups in total. The van der Waals surface area contributed by atoms with Crippen LogP contribution in [-0.4, -0.2) is 68.5 Å². The Balaban J connectivity index is 4.20. The summed E-state index contributed by atoms with van der Waals surface area (Å²) in [6.45, 7) is 4.52. The minimum Gasteiger partial charge on any atom is -0.756 e. The minimum atomic E-state index is -4.62. The number of hydrogen-bond donors (Lipinski definition) is 2. The number of amides is 1. The molecule has 0 rings (SSSR count). The number of quaternary nitrogens is 1. The van der Waals surface area contributed by atoms with Crippen LogP contribution in [0.25, 0.3) is 0 Å². The number of nitrogens with zero attached hydrogens (tertiary/aromatic N) is 1. The zero-order chi connectivity index (χ0) is 58.4. The summed E-state index contributed by atoms with van der Waals surface area (Å²) in [5.41, 5.74) is 0. The highest BCUT2D eigenvalue weighted by molar-refractivity contribution is 7.45. The second-order valence-corrected chi connectivity index (χ2v) is 24.8. The lowest BCUT2D eigenvalue weighted by Crippen LogP contribution is -2.45. The van der Waals surface area contributed by atoms with Crippen molar-refractivity contribution in [2.24, 2.45) is 0 Å². The van der Waals surface area contributed by atoms with Gasteiger partial charge in [0.05, 0.1) is 39.9 Å². The van der Waals surface area contributed by atoms with Crippen molar-refractivity contribution < 1.29 is 32.9 Å². The fourth-order valence-electron chi connectivity index (χ4n) is 9.31. The third-order valence-corrected chi connectivity index (χ3v) is 15.4. The van der Waals surface area contributed by atoms with Crippen LogP contribution in [0.5, 0.6) is 0 Å². The first-order chi connectivity index (χ1) is 39.0. The van der Waals surface area contributed by atoms with E-state index in [0.717, 1.165) is 83.5 Å². The molecule has 0 fully saturated rings. The van der Waals surface area contributed by atoms with Crippen molar-refractivity contribution in [1.82, 2.24) is 5.32 Å². The lowest BCUT2D eigenvalue weighted by Gasteiger charge is -2.29. The van der Waals surface area contributed by atoms with E-state index < -0.39 is 26.6 Å². The molecule has 0 aliphatic heterocycles. The van der Waals surface area contributed by atoms with Crippen LogP contribution in [0, 0.1) is 0 Å². The topological polar surface area (TPSA) is 108 Å². The first kappa shape index (κ1) is 77.2. The number of allylic oxidation sites excluding steroid dienone is 17. The van der Waals surface area contributed by atoms with Gasteiger partial charge in [0.2, 0.25) is 5.91 Å². The fourth-order valence-corrected chi connectivity index (χ4v) is 10.0. The van der Waals surface area contributed by atoms with Gasteiger partial charge >= 0.3 is 0 Å². The SMILES string of the molecule is CC/C=C\C/C=C\C/C=C\C/C=C\C/C=C\C/C=C\CCCCCCCCCCCCCCC(=O)NC(COP(=O)([O-])OCC[N+](C)(C)C)C(O)/C=C/CC/C=C/CC/C=C/CCCCCCCCCCCCCCCCCCC. The van der Waals surface area contributed by atoms with E-state index in [-0.39, 0.29) is 12.5 Å². The number of likely N-dealkylation sites (N-methyl/N-ethyl adjacent to an activating group) is 1. The molecule has 0 spiro atoms. The first-order valence-electron chi connectivity index (χ1n) is 33.2. The van der Waals surface area contributed by atoms with Crippen LogP contribution in [-0.2, 0) is 18.4 Å². The van der Waals surface area contributed by atoms with Gasteiger partial charge in [-0.1, -0.05) is 290 Å². The number of rotatable bonds is 60. The molecule has 3 atom stereocenters. The monoisotopic (exact) mass is 1130 g/mol. The molecular formula is C71H127N2O6P. The van der Waals surface area contributed by atoms with Gasteiger partial charge in [-0.3, -0.25) is 9.36 Å². The third-order valence-electron chi connectivity index (χ3n) is 14.4. The van der Waals surface area contributed by atoms with Crippen LogP contribution in [0.3, 0.4) is 0 Å². The largest absolute Gasteiger partial charge is 0.756 e. The van der Waals surface area contributed by atoms with Crippen molar-refractivity contribution in [3.05, 3.63) is 109 Å².